The minimum atomic E-state index is 0.853. The third-order valence-electron chi connectivity index (χ3n) is 4.75. The third-order valence-corrected chi connectivity index (χ3v) is 4.75. The summed E-state index contributed by atoms with van der Waals surface area (Å²) in [4.78, 5) is 3.65. The van der Waals surface area contributed by atoms with Gasteiger partial charge in [0.15, 0.2) is 0 Å². The fraction of sp³-hybridized carbons (Fsp3) is 0.647. The van der Waals surface area contributed by atoms with Gasteiger partial charge in [-0.05, 0) is 25.3 Å². The van der Waals surface area contributed by atoms with Crippen molar-refractivity contribution in [3.63, 3.8) is 0 Å². The second kappa shape index (κ2) is 7.66. The topological polar surface area (TPSA) is 8.88 Å². The highest BCUT2D eigenvalue weighted by molar-refractivity contribution is 5.14. The standard InChI is InChI=1S/C17H28N2/c1-3-16(2)19-14-12-18(13-15-19)11-7-10-17-8-5-4-6-9-17/h4-6,8-9,16H,3,7,10-15H2,1-2H3/p+2/t16-/m1/s1. The van der Waals surface area contributed by atoms with Crippen LogP contribution in [0.25, 0.3) is 0 Å². The van der Waals surface area contributed by atoms with E-state index in [1.54, 1.807) is 0 Å². The van der Waals surface area contributed by atoms with Crippen molar-refractivity contribution in [2.75, 3.05) is 32.7 Å². The maximum Gasteiger partial charge on any atom is 0.127 e. The van der Waals surface area contributed by atoms with E-state index < -0.39 is 0 Å². The molecule has 0 bridgehead atoms. The van der Waals surface area contributed by atoms with Crippen LogP contribution in [0.5, 0.6) is 0 Å². The molecule has 0 aliphatic carbocycles. The summed E-state index contributed by atoms with van der Waals surface area (Å²) in [7, 11) is 0. The molecule has 0 saturated carbocycles. The second-order valence-electron chi connectivity index (χ2n) is 6.06. The Labute approximate surface area is 118 Å². The SMILES string of the molecule is CC[C@@H](C)[NH+]1CC[NH+](CCCc2ccccc2)CC1. The molecule has 0 aromatic heterocycles. The number of aryl methyl sites for hydroxylation is 1. The van der Waals surface area contributed by atoms with Gasteiger partial charge in [0.1, 0.15) is 26.2 Å². The molecule has 1 aliphatic heterocycles. The molecule has 2 rings (SSSR count). The first-order valence-electron chi connectivity index (χ1n) is 8.01. The van der Waals surface area contributed by atoms with E-state index >= 15 is 0 Å². The molecule has 0 unspecified atom stereocenters. The van der Waals surface area contributed by atoms with Gasteiger partial charge < -0.3 is 9.80 Å². The minimum absolute atomic E-state index is 0.853. The molecule has 1 aromatic carbocycles. The lowest BCUT2D eigenvalue weighted by molar-refractivity contribution is -1.02. The van der Waals surface area contributed by atoms with Crippen molar-refractivity contribution in [1.29, 1.82) is 0 Å². The summed E-state index contributed by atoms with van der Waals surface area (Å²) in [5.41, 5.74) is 1.49. The number of benzene rings is 1. The molecule has 1 fully saturated rings. The van der Waals surface area contributed by atoms with Crippen LogP contribution in [0.4, 0.5) is 0 Å². The molecule has 106 valence electrons. The molecule has 2 N–H and O–H groups in total. The number of rotatable bonds is 6. The van der Waals surface area contributed by atoms with Gasteiger partial charge in [-0.1, -0.05) is 37.3 Å². The van der Waals surface area contributed by atoms with Crippen molar-refractivity contribution in [1.82, 2.24) is 0 Å². The van der Waals surface area contributed by atoms with Crippen LogP contribution in [0.1, 0.15) is 32.3 Å². The van der Waals surface area contributed by atoms with E-state index in [0.29, 0.717) is 0 Å². The maximum absolute atomic E-state index is 2.40. The normalized spacial score (nSPS) is 25.2. The van der Waals surface area contributed by atoms with Gasteiger partial charge in [0.05, 0.1) is 12.6 Å². The summed E-state index contributed by atoms with van der Waals surface area (Å²) in [5, 5.41) is 0. The predicted octanol–water partition coefficient (Wildman–Crippen LogP) is 0.201. The minimum Gasteiger partial charge on any atom is -0.326 e. The van der Waals surface area contributed by atoms with E-state index in [-0.39, 0.29) is 0 Å². The molecule has 0 radical (unpaired) electrons. The molecule has 0 amide bonds. The molecule has 0 spiro atoms. The fourth-order valence-electron chi connectivity index (χ4n) is 3.14. The van der Waals surface area contributed by atoms with Crippen LogP contribution in [-0.4, -0.2) is 38.8 Å². The Balaban J connectivity index is 1.63. The van der Waals surface area contributed by atoms with Crippen LogP contribution in [0.3, 0.4) is 0 Å². The monoisotopic (exact) mass is 262 g/mol. The van der Waals surface area contributed by atoms with Gasteiger partial charge in [0.25, 0.3) is 0 Å². The molecule has 1 aromatic rings. The Kier molecular flexibility index (Phi) is 5.87. The van der Waals surface area contributed by atoms with E-state index in [1.165, 1.54) is 57.5 Å². The lowest BCUT2D eigenvalue weighted by atomic mass is 10.1. The van der Waals surface area contributed by atoms with Crippen LogP contribution in [0.15, 0.2) is 30.3 Å². The summed E-state index contributed by atoms with van der Waals surface area (Å²) in [6.45, 7) is 11.5. The van der Waals surface area contributed by atoms with Gasteiger partial charge in [0.2, 0.25) is 0 Å². The Bertz CT molecular complexity index is 342. The van der Waals surface area contributed by atoms with Crippen LogP contribution in [-0.2, 0) is 6.42 Å². The average molecular weight is 262 g/mol. The predicted molar refractivity (Wildman–Crippen MR) is 80.8 cm³/mol. The van der Waals surface area contributed by atoms with Crippen molar-refractivity contribution < 1.29 is 9.80 Å². The van der Waals surface area contributed by atoms with Gasteiger partial charge >= 0.3 is 0 Å². The lowest BCUT2D eigenvalue weighted by Crippen LogP contribution is -3.29. The molecule has 1 atom stereocenters. The first-order valence-corrected chi connectivity index (χ1v) is 8.01. The van der Waals surface area contributed by atoms with Gasteiger partial charge in [-0.25, -0.2) is 0 Å². The van der Waals surface area contributed by atoms with Crippen LogP contribution >= 0.6 is 0 Å². The highest BCUT2D eigenvalue weighted by atomic mass is 15.3. The lowest BCUT2D eigenvalue weighted by Gasteiger charge is -2.33. The number of hydrogen-bond donors (Lipinski definition) is 2. The number of piperazine rings is 1. The van der Waals surface area contributed by atoms with Crippen molar-refractivity contribution in [2.45, 2.75) is 39.2 Å². The summed E-state index contributed by atoms with van der Waals surface area (Å²) in [6.07, 6.45) is 3.89. The zero-order valence-electron chi connectivity index (χ0n) is 12.6. The molecular weight excluding hydrogens is 232 g/mol. The second-order valence-corrected chi connectivity index (χ2v) is 6.06. The maximum atomic E-state index is 2.40. The Morgan fingerprint density at radius 1 is 1.05 bits per heavy atom. The number of nitrogens with one attached hydrogen (secondary N) is 2. The first-order chi connectivity index (χ1) is 9.29. The van der Waals surface area contributed by atoms with E-state index in [4.69, 9.17) is 0 Å². The smallest absolute Gasteiger partial charge is 0.127 e. The molecule has 1 saturated heterocycles. The molecule has 1 heterocycles. The van der Waals surface area contributed by atoms with Gasteiger partial charge in [-0.15, -0.1) is 0 Å². The highest BCUT2D eigenvalue weighted by Gasteiger charge is 2.25. The molecule has 2 nitrogen and oxygen atoms in total. The van der Waals surface area contributed by atoms with Gasteiger partial charge in [0, 0.05) is 6.42 Å². The van der Waals surface area contributed by atoms with Crippen LogP contribution in [0, 0.1) is 0 Å². The summed E-state index contributed by atoms with van der Waals surface area (Å²) in [6, 6.07) is 11.8. The van der Waals surface area contributed by atoms with Gasteiger partial charge in [-0.3, -0.25) is 0 Å². The number of hydrogen-bond acceptors (Lipinski definition) is 0. The van der Waals surface area contributed by atoms with Gasteiger partial charge in [-0.2, -0.15) is 0 Å². The average Bonchev–Trinajstić information content (AvgIpc) is 2.48. The zero-order valence-corrected chi connectivity index (χ0v) is 12.6. The van der Waals surface area contributed by atoms with Crippen molar-refractivity contribution in [2.24, 2.45) is 0 Å². The Hall–Kier alpha value is -0.860. The van der Waals surface area contributed by atoms with E-state index in [0.717, 1.165) is 6.04 Å². The van der Waals surface area contributed by atoms with Crippen molar-refractivity contribution >= 4 is 0 Å². The fourth-order valence-corrected chi connectivity index (χ4v) is 3.14. The molecule has 1 aliphatic rings. The molecule has 19 heavy (non-hydrogen) atoms. The third kappa shape index (κ3) is 4.63. The summed E-state index contributed by atoms with van der Waals surface area (Å²) < 4.78 is 0. The van der Waals surface area contributed by atoms with Crippen LogP contribution in [0.2, 0.25) is 0 Å². The molecule has 2 heteroatoms. The Morgan fingerprint density at radius 2 is 1.74 bits per heavy atom. The van der Waals surface area contributed by atoms with E-state index in [9.17, 15) is 0 Å². The first kappa shape index (κ1) is 14.5. The van der Waals surface area contributed by atoms with Crippen LogP contribution < -0.4 is 9.80 Å². The van der Waals surface area contributed by atoms with Crippen molar-refractivity contribution in [3.8, 4) is 0 Å². The summed E-state index contributed by atoms with van der Waals surface area (Å²) >= 11 is 0. The quantitative estimate of drug-likeness (QED) is 0.725. The van der Waals surface area contributed by atoms with E-state index in [2.05, 4.69) is 44.2 Å². The summed E-state index contributed by atoms with van der Waals surface area (Å²) in [5.74, 6) is 0. The Morgan fingerprint density at radius 3 is 2.37 bits per heavy atom. The van der Waals surface area contributed by atoms with E-state index in [1.807, 2.05) is 9.80 Å². The highest BCUT2D eigenvalue weighted by Crippen LogP contribution is 2.00. The largest absolute Gasteiger partial charge is 0.326 e. The molecular formula is C17H30N2+2. The zero-order chi connectivity index (χ0) is 13.5. The number of quaternary nitrogens is 2. The van der Waals surface area contributed by atoms with Crippen molar-refractivity contribution in [3.05, 3.63) is 35.9 Å².